The van der Waals surface area contributed by atoms with E-state index >= 15 is 0 Å². The van der Waals surface area contributed by atoms with Crippen LogP contribution in [0.15, 0.2) is 53.3 Å². The maximum Gasteiger partial charge on any atom is 0.263 e. The number of nitrogens with one attached hydrogen (secondary N) is 3. The van der Waals surface area contributed by atoms with E-state index in [2.05, 4.69) is 20.8 Å². The number of aromatic nitrogens is 3. The van der Waals surface area contributed by atoms with Crippen LogP contribution in [0.3, 0.4) is 0 Å². The third kappa shape index (κ3) is 3.38. The van der Waals surface area contributed by atoms with Crippen LogP contribution < -0.4 is 16.2 Å². The molecule has 3 aromatic rings. The fourth-order valence-electron chi connectivity index (χ4n) is 4.44. The van der Waals surface area contributed by atoms with E-state index in [4.69, 9.17) is 0 Å². The molecule has 2 atom stereocenters. The van der Waals surface area contributed by atoms with Crippen molar-refractivity contribution >= 4 is 5.91 Å². The summed E-state index contributed by atoms with van der Waals surface area (Å²) in [6.07, 6.45) is 1.11. The lowest BCUT2D eigenvalue weighted by molar-refractivity contribution is 0.0947. The molecule has 0 spiro atoms. The molecule has 2 aliphatic rings. The maximum absolute atomic E-state index is 12.9. The third-order valence-electron chi connectivity index (χ3n) is 5.89. The number of amides is 1. The summed E-state index contributed by atoms with van der Waals surface area (Å²) in [5.41, 5.74) is 3.67. The van der Waals surface area contributed by atoms with Crippen LogP contribution in [-0.4, -0.2) is 33.8 Å². The summed E-state index contributed by atoms with van der Waals surface area (Å²) in [6, 6.07) is 15.4. The van der Waals surface area contributed by atoms with Gasteiger partial charge in [0.05, 0.1) is 17.9 Å². The van der Waals surface area contributed by atoms with E-state index < -0.39 is 0 Å². The molecule has 1 fully saturated rings. The molecule has 7 nitrogen and oxygen atoms in total. The molecule has 2 aromatic heterocycles. The van der Waals surface area contributed by atoms with E-state index in [1.807, 2.05) is 42.5 Å². The number of carbonyl (C=O) groups excluding carboxylic acids is 1. The quantitative estimate of drug-likeness (QED) is 0.635. The monoisotopic (exact) mass is 389 g/mol. The number of H-pyrrole nitrogens is 1. The second kappa shape index (κ2) is 7.33. The Morgan fingerprint density at radius 2 is 2.03 bits per heavy atom. The molecule has 148 valence electrons. The molecule has 0 radical (unpaired) electrons. The number of hydrogen-bond donors (Lipinski definition) is 3. The van der Waals surface area contributed by atoms with Crippen molar-refractivity contribution in [3.63, 3.8) is 0 Å². The van der Waals surface area contributed by atoms with Crippen LogP contribution in [0.25, 0.3) is 11.3 Å². The molecule has 3 N–H and O–H groups in total. The van der Waals surface area contributed by atoms with Gasteiger partial charge in [0.15, 0.2) is 0 Å². The SMILES string of the molecule is O=C(NCc1cc(-c2ccccc2)n[nH]1)c1ccc2n(c1=O)C[C@@H]1CNC[C@H]2C1. The molecule has 0 aliphatic carbocycles. The van der Waals surface area contributed by atoms with Crippen LogP contribution in [0.4, 0.5) is 0 Å². The molecule has 0 saturated carbocycles. The van der Waals surface area contributed by atoms with Gasteiger partial charge in [-0.05, 0) is 37.1 Å². The highest BCUT2D eigenvalue weighted by Crippen LogP contribution is 2.31. The minimum atomic E-state index is -0.352. The summed E-state index contributed by atoms with van der Waals surface area (Å²) in [7, 11) is 0. The normalized spacial score (nSPS) is 20.1. The molecule has 1 aromatic carbocycles. The number of piperidine rings is 1. The van der Waals surface area contributed by atoms with Gasteiger partial charge in [0, 0.05) is 30.3 Å². The predicted octanol–water partition coefficient (Wildman–Crippen LogP) is 1.88. The van der Waals surface area contributed by atoms with Gasteiger partial charge in [-0.2, -0.15) is 5.10 Å². The largest absolute Gasteiger partial charge is 0.346 e. The first-order chi connectivity index (χ1) is 14.2. The molecule has 5 rings (SSSR count). The van der Waals surface area contributed by atoms with Crippen LogP contribution in [0.2, 0.25) is 0 Å². The zero-order chi connectivity index (χ0) is 19.8. The molecule has 29 heavy (non-hydrogen) atoms. The highest BCUT2D eigenvalue weighted by atomic mass is 16.2. The van der Waals surface area contributed by atoms with E-state index in [1.54, 1.807) is 10.6 Å². The summed E-state index contributed by atoms with van der Waals surface area (Å²) < 4.78 is 1.80. The average Bonchev–Trinajstić information content (AvgIpc) is 3.23. The Morgan fingerprint density at radius 3 is 2.90 bits per heavy atom. The number of pyridine rings is 1. The van der Waals surface area contributed by atoms with E-state index in [0.29, 0.717) is 18.4 Å². The van der Waals surface area contributed by atoms with Gasteiger partial charge in [-0.15, -0.1) is 0 Å². The van der Waals surface area contributed by atoms with Gasteiger partial charge >= 0.3 is 0 Å². The number of carbonyl (C=O) groups is 1. The second-order valence-corrected chi connectivity index (χ2v) is 7.87. The Balaban J connectivity index is 1.31. The smallest absolute Gasteiger partial charge is 0.263 e. The van der Waals surface area contributed by atoms with Gasteiger partial charge < -0.3 is 15.2 Å². The number of rotatable bonds is 4. The maximum atomic E-state index is 12.9. The molecule has 0 unspecified atom stereocenters. The Kier molecular flexibility index (Phi) is 4.52. The summed E-state index contributed by atoms with van der Waals surface area (Å²) in [5.74, 6) is 0.461. The lowest BCUT2D eigenvalue weighted by Crippen LogP contribution is -2.46. The molecule has 4 heterocycles. The standard InChI is InChI=1S/C22H23N5O2/c28-21(24-12-17-9-19(26-25-17)15-4-2-1-3-5-15)18-6-7-20-16-8-14(10-23-11-16)13-27(20)22(18)29/h1-7,9,14,16,23H,8,10-13H2,(H,24,28)(H,25,26)/t14-,16+/m0/s1. The molecule has 1 amide bonds. The Hall–Kier alpha value is -3.19. The first-order valence-corrected chi connectivity index (χ1v) is 10.0. The molecular formula is C22H23N5O2. The Morgan fingerprint density at radius 1 is 1.17 bits per heavy atom. The van der Waals surface area contributed by atoms with Crippen molar-refractivity contribution in [2.24, 2.45) is 5.92 Å². The van der Waals surface area contributed by atoms with Crippen molar-refractivity contribution in [2.45, 2.75) is 25.4 Å². The van der Waals surface area contributed by atoms with Gasteiger partial charge in [-0.3, -0.25) is 14.7 Å². The second-order valence-electron chi connectivity index (χ2n) is 7.87. The van der Waals surface area contributed by atoms with Crippen molar-refractivity contribution in [3.8, 4) is 11.3 Å². The zero-order valence-electron chi connectivity index (χ0n) is 16.0. The first-order valence-electron chi connectivity index (χ1n) is 10.0. The van der Waals surface area contributed by atoms with Crippen molar-refractivity contribution < 1.29 is 4.79 Å². The summed E-state index contributed by atoms with van der Waals surface area (Å²) >= 11 is 0. The Bertz CT molecular complexity index is 1100. The molecule has 1 saturated heterocycles. The van der Waals surface area contributed by atoms with E-state index in [1.165, 1.54) is 0 Å². The topological polar surface area (TPSA) is 91.8 Å². The van der Waals surface area contributed by atoms with Crippen molar-refractivity contribution in [1.82, 2.24) is 25.4 Å². The molecular weight excluding hydrogens is 366 g/mol. The van der Waals surface area contributed by atoms with Gasteiger partial charge in [0.1, 0.15) is 5.56 Å². The Labute approximate surface area is 168 Å². The number of hydrogen-bond acceptors (Lipinski definition) is 4. The number of aromatic amines is 1. The average molecular weight is 389 g/mol. The first kappa shape index (κ1) is 17.9. The highest BCUT2D eigenvalue weighted by molar-refractivity contribution is 5.93. The summed E-state index contributed by atoms with van der Waals surface area (Å²) in [4.78, 5) is 25.6. The lowest BCUT2D eigenvalue weighted by atomic mass is 9.84. The highest BCUT2D eigenvalue weighted by Gasteiger charge is 2.31. The minimum absolute atomic E-state index is 0.189. The third-order valence-corrected chi connectivity index (χ3v) is 5.89. The van der Waals surface area contributed by atoms with Crippen molar-refractivity contribution in [1.29, 1.82) is 0 Å². The van der Waals surface area contributed by atoms with E-state index in [9.17, 15) is 9.59 Å². The molecule has 7 heteroatoms. The van der Waals surface area contributed by atoms with Gasteiger partial charge in [0.25, 0.3) is 11.5 Å². The fourth-order valence-corrected chi connectivity index (χ4v) is 4.44. The van der Waals surface area contributed by atoms with Crippen LogP contribution in [0, 0.1) is 5.92 Å². The summed E-state index contributed by atoms with van der Waals surface area (Å²) in [5, 5.41) is 13.5. The summed E-state index contributed by atoms with van der Waals surface area (Å²) in [6.45, 7) is 2.79. The van der Waals surface area contributed by atoms with E-state index in [0.717, 1.165) is 42.2 Å². The van der Waals surface area contributed by atoms with E-state index in [-0.39, 0.29) is 23.6 Å². The number of benzene rings is 1. The predicted molar refractivity (Wildman–Crippen MR) is 110 cm³/mol. The van der Waals surface area contributed by atoms with Gasteiger partial charge in [-0.25, -0.2) is 0 Å². The number of fused-ring (bicyclic) bond motifs is 4. The van der Waals surface area contributed by atoms with Crippen LogP contribution >= 0.6 is 0 Å². The van der Waals surface area contributed by atoms with Crippen LogP contribution in [0.5, 0.6) is 0 Å². The molecule has 2 aliphatic heterocycles. The van der Waals surface area contributed by atoms with Gasteiger partial charge in [-0.1, -0.05) is 30.3 Å². The minimum Gasteiger partial charge on any atom is -0.346 e. The van der Waals surface area contributed by atoms with Crippen molar-refractivity contribution in [2.75, 3.05) is 13.1 Å². The van der Waals surface area contributed by atoms with Crippen molar-refractivity contribution in [3.05, 3.63) is 75.8 Å². The van der Waals surface area contributed by atoms with Crippen LogP contribution in [-0.2, 0) is 13.1 Å². The number of nitrogens with zero attached hydrogens (tertiary/aromatic N) is 2. The van der Waals surface area contributed by atoms with Crippen LogP contribution in [0.1, 0.15) is 34.1 Å². The van der Waals surface area contributed by atoms with Gasteiger partial charge in [0.2, 0.25) is 0 Å². The lowest BCUT2D eigenvalue weighted by Gasteiger charge is -2.37. The zero-order valence-corrected chi connectivity index (χ0v) is 16.0. The fraction of sp³-hybridized carbons (Fsp3) is 0.318. The molecule has 2 bridgehead atoms.